The molecule has 0 aromatic carbocycles. The van der Waals surface area contributed by atoms with E-state index in [9.17, 15) is 4.79 Å². The predicted octanol–water partition coefficient (Wildman–Crippen LogP) is 2.94. The Labute approximate surface area is 102 Å². The molecule has 2 nitrogen and oxygen atoms in total. The molecule has 1 unspecified atom stereocenters. The summed E-state index contributed by atoms with van der Waals surface area (Å²) in [5, 5.41) is 2.09. The number of hydrogen-bond donors (Lipinski definition) is 0. The first-order valence-electron chi connectivity index (χ1n) is 5.14. The third kappa shape index (κ3) is 2.42. The second-order valence-electron chi connectivity index (χ2n) is 3.90. The first kappa shape index (κ1) is 11.1. The van der Waals surface area contributed by atoms with Crippen molar-refractivity contribution in [1.82, 2.24) is 4.90 Å². The average molecular weight is 288 g/mol. The number of amides is 1. The summed E-state index contributed by atoms with van der Waals surface area (Å²) in [4.78, 5) is 15.2. The van der Waals surface area contributed by atoms with Gasteiger partial charge in [0.2, 0.25) is 5.91 Å². The second kappa shape index (κ2) is 4.66. The monoisotopic (exact) mass is 287 g/mol. The van der Waals surface area contributed by atoms with E-state index in [0.717, 1.165) is 25.9 Å². The fourth-order valence-corrected chi connectivity index (χ4v) is 3.32. The lowest BCUT2D eigenvalue weighted by Crippen LogP contribution is -2.41. The lowest BCUT2D eigenvalue weighted by molar-refractivity contribution is -0.132. The van der Waals surface area contributed by atoms with Crippen LogP contribution in [-0.2, 0) is 11.3 Å². The van der Waals surface area contributed by atoms with Crippen LogP contribution < -0.4 is 0 Å². The number of halogens is 1. The molecule has 0 aliphatic carbocycles. The minimum absolute atomic E-state index is 0.0338. The molecule has 82 valence electrons. The minimum atomic E-state index is 0.0338. The summed E-state index contributed by atoms with van der Waals surface area (Å²) in [5.74, 6) is 0.244. The van der Waals surface area contributed by atoms with Crippen molar-refractivity contribution in [1.29, 1.82) is 0 Å². The summed E-state index contributed by atoms with van der Waals surface area (Å²) in [6, 6.07) is 2.11. The van der Waals surface area contributed by atoms with Crippen molar-refractivity contribution in [3.63, 3.8) is 0 Å². The van der Waals surface area contributed by atoms with E-state index in [1.807, 2.05) is 4.90 Å². The Kier molecular flexibility index (Phi) is 3.46. The molecule has 2 rings (SSSR count). The quantitative estimate of drug-likeness (QED) is 0.766. The highest BCUT2D eigenvalue weighted by Crippen LogP contribution is 2.23. The first-order valence-corrected chi connectivity index (χ1v) is 6.94. The van der Waals surface area contributed by atoms with Gasteiger partial charge in [0, 0.05) is 11.4 Å². The zero-order valence-corrected chi connectivity index (χ0v) is 11.1. The van der Waals surface area contributed by atoms with Gasteiger partial charge in [-0.3, -0.25) is 4.79 Å². The number of carbonyl (C=O) groups excluding carboxylic acids is 1. The summed E-state index contributed by atoms with van der Waals surface area (Å²) < 4.78 is 0. The molecule has 1 aliphatic heterocycles. The number of nitrogens with zero attached hydrogens (tertiary/aromatic N) is 1. The number of aryl methyl sites for hydroxylation is 1. The molecular formula is C11H14BrNOS. The Morgan fingerprint density at radius 1 is 1.67 bits per heavy atom. The van der Waals surface area contributed by atoms with Crippen LogP contribution in [0, 0.1) is 6.92 Å². The molecule has 15 heavy (non-hydrogen) atoms. The van der Waals surface area contributed by atoms with Crippen LogP contribution in [0.1, 0.15) is 23.3 Å². The van der Waals surface area contributed by atoms with Gasteiger partial charge in [0.25, 0.3) is 0 Å². The minimum Gasteiger partial charge on any atom is -0.337 e. The van der Waals surface area contributed by atoms with Crippen LogP contribution >= 0.6 is 27.3 Å². The smallest absolute Gasteiger partial charge is 0.236 e. The normalized spacial score (nSPS) is 22.1. The number of alkyl halides is 1. The van der Waals surface area contributed by atoms with Crippen molar-refractivity contribution in [2.75, 3.05) is 6.54 Å². The van der Waals surface area contributed by atoms with Crippen LogP contribution in [0.3, 0.4) is 0 Å². The van der Waals surface area contributed by atoms with Crippen LogP contribution in [0.2, 0.25) is 0 Å². The van der Waals surface area contributed by atoms with Crippen molar-refractivity contribution in [2.24, 2.45) is 0 Å². The lowest BCUT2D eigenvalue weighted by atomic mass is 10.1. The second-order valence-corrected chi connectivity index (χ2v) is 6.00. The van der Waals surface area contributed by atoms with Crippen LogP contribution in [-0.4, -0.2) is 22.2 Å². The van der Waals surface area contributed by atoms with E-state index in [0.29, 0.717) is 0 Å². The van der Waals surface area contributed by atoms with Crippen molar-refractivity contribution in [3.8, 4) is 0 Å². The molecule has 0 bridgehead atoms. The van der Waals surface area contributed by atoms with Gasteiger partial charge in [0.15, 0.2) is 0 Å². The van der Waals surface area contributed by atoms with Crippen LogP contribution in [0.25, 0.3) is 0 Å². The van der Waals surface area contributed by atoms with Gasteiger partial charge in [-0.25, -0.2) is 0 Å². The summed E-state index contributed by atoms with van der Waals surface area (Å²) in [6.45, 7) is 3.79. The number of rotatable bonds is 2. The van der Waals surface area contributed by atoms with Gasteiger partial charge in [0.05, 0.1) is 11.4 Å². The van der Waals surface area contributed by atoms with Gasteiger partial charge in [0.1, 0.15) is 0 Å². The van der Waals surface area contributed by atoms with Gasteiger partial charge >= 0.3 is 0 Å². The van der Waals surface area contributed by atoms with Crippen molar-refractivity contribution in [3.05, 3.63) is 21.9 Å². The van der Waals surface area contributed by atoms with E-state index in [4.69, 9.17) is 0 Å². The number of thiophene rings is 1. The van der Waals surface area contributed by atoms with Gasteiger partial charge < -0.3 is 4.90 Å². The third-order valence-electron chi connectivity index (χ3n) is 2.77. The van der Waals surface area contributed by atoms with Crippen molar-refractivity contribution in [2.45, 2.75) is 31.1 Å². The van der Waals surface area contributed by atoms with Gasteiger partial charge in [-0.1, -0.05) is 15.9 Å². The third-order valence-corrected chi connectivity index (χ3v) is 4.63. The molecule has 0 saturated carbocycles. The fraction of sp³-hybridized carbons (Fsp3) is 0.545. The summed E-state index contributed by atoms with van der Waals surface area (Å²) in [7, 11) is 0. The fourth-order valence-electron chi connectivity index (χ4n) is 1.79. The largest absolute Gasteiger partial charge is 0.337 e. The van der Waals surface area contributed by atoms with E-state index in [-0.39, 0.29) is 10.7 Å². The maximum atomic E-state index is 11.8. The van der Waals surface area contributed by atoms with Crippen molar-refractivity contribution >= 4 is 33.2 Å². The molecule has 1 saturated heterocycles. The molecular weight excluding hydrogens is 274 g/mol. The first-order chi connectivity index (χ1) is 7.18. The van der Waals surface area contributed by atoms with Gasteiger partial charge in [-0.15, -0.1) is 11.3 Å². The Bertz CT molecular complexity index is 363. The number of piperidine rings is 1. The zero-order valence-electron chi connectivity index (χ0n) is 8.70. The SMILES string of the molecule is Cc1ccsc1CN1CCCC(Br)C1=O. The van der Waals surface area contributed by atoms with Crippen LogP contribution in [0.4, 0.5) is 0 Å². The highest BCUT2D eigenvalue weighted by molar-refractivity contribution is 9.10. The highest BCUT2D eigenvalue weighted by atomic mass is 79.9. The van der Waals surface area contributed by atoms with E-state index < -0.39 is 0 Å². The van der Waals surface area contributed by atoms with E-state index in [2.05, 4.69) is 34.3 Å². The maximum absolute atomic E-state index is 11.8. The molecule has 1 aromatic heterocycles. The predicted molar refractivity (Wildman–Crippen MR) is 66.4 cm³/mol. The van der Waals surface area contributed by atoms with Crippen LogP contribution in [0.5, 0.6) is 0 Å². The summed E-state index contributed by atoms with van der Waals surface area (Å²) in [5.41, 5.74) is 1.30. The molecule has 0 N–H and O–H groups in total. The standard InChI is InChI=1S/C11H14BrNOS/c1-8-4-6-15-10(8)7-13-5-2-3-9(12)11(13)14/h4,6,9H,2-3,5,7H2,1H3. The van der Waals surface area contributed by atoms with Crippen molar-refractivity contribution < 1.29 is 4.79 Å². The molecule has 1 aliphatic rings. The topological polar surface area (TPSA) is 20.3 Å². The molecule has 0 radical (unpaired) electrons. The molecule has 1 atom stereocenters. The summed E-state index contributed by atoms with van der Waals surface area (Å²) >= 11 is 5.17. The maximum Gasteiger partial charge on any atom is 0.236 e. The molecule has 1 amide bonds. The summed E-state index contributed by atoms with van der Waals surface area (Å²) in [6.07, 6.45) is 2.07. The Hall–Kier alpha value is -0.350. The van der Waals surface area contributed by atoms with Gasteiger partial charge in [-0.05, 0) is 36.8 Å². The molecule has 1 fully saturated rings. The van der Waals surface area contributed by atoms with Crippen LogP contribution in [0.15, 0.2) is 11.4 Å². The number of likely N-dealkylation sites (tertiary alicyclic amines) is 1. The number of carbonyl (C=O) groups is 1. The molecule has 2 heterocycles. The zero-order chi connectivity index (χ0) is 10.8. The average Bonchev–Trinajstić information content (AvgIpc) is 2.60. The highest BCUT2D eigenvalue weighted by Gasteiger charge is 2.26. The number of hydrogen-bond acceptors (Lipinski definition) is 2. The molecule has 1 aromatic rings. The Morgan fingerprint density at radius 2 is 2.47 bits per heavy atom. The molecule has 0 spiro atoms. The Balaban J connectivity index is 2.05. The lowest BCUT2D eigenvalue weighted by Gasteiger charge is -2.29. The van der Waals surface area contributed by atoms with E-state index in [1.165, 1.54) is 10.4 Å². The van der Waals surface area contributed by atoms with E-state index >= 15 is 0 Å². The van der Waals surface area contributed by atoms with E-state index in [1.54, 1.807) is 11.3 Å². The van der Waals surface area contributed by atoms with Gasteiger partial charge in [-0.2, -0.15) is 0 Å². The Morgan fingerprint density at radius 3 is 3.13 bits per heavy atom. The molecule has 4 heteroatoms.